The van der Waals surface area contributed by atoms with Crippen LogP contribution in [0.15, 0.2) is 77.8 Å². The molecule has 5 nitrogen and oxygen atoms in total. The third-order valence-electron chi connectivity index (χ3n) is 4.91. The Labute approximate surface area is 166 Å². The number of phenolic OH excluding ortho intramolecular Hbond substituents is 1. The molecule has 4 aromatic rings. The number of nitrogens with zero attached hydrogens (tertiary/aromatic N) is 4. The predicted molar refractivity (Wildman–Crippen MR) is 112 cm³/mol. The molecule has 0 unspecified atom stereocenters. The van der Waals surface area contributed by atoms with Gasteiger partial charge >= 0.3 is 0 Å². The van der Waals surface area contributed by atoms with E-state index in [1.54, 1.807) is 24.3 Å². The lowest BCUT2D eigenvalue weighted by Gasteiger charge is -2.22. The van der Waals surface area contributed by atoms with Gasteiger partial charge in [0.25, 0.3) is 0 Å². The second-order valence-corrected chi connectivity index (χ2v) is 6.77. The molecule has 0 amide bonds. The van der Waals surface area contributed by atoms with Crippen LogP contribution in [-0.2, 0) is 0 Å². The zero-order chi connectivity index (χ0) is 19.8. The number of rotatable bonds is 3. The maximum absolute atomic E-state index is 14.1. The molecule has 1 aliphatic rings. The van der Waals surface area contributed by atoms with Gasteiger partial charge in [0.15, 0.2) is 5.82 Å². The lowest BCUT2D eigenvalue weighted by Crippen LogP contribution is -2.29. The predicted octanol–water partition coefficient (Wildman–Crippen LogP) is 4.41. The lowest BCUT2D eigenvalue weighted by atomic mass is 10.1. The van der Waals surface area contributed by atoms with Crippen molar-refractivity contribution in [2.45, 2.75) is 0 Å². The SMILES string of the molecule is Oc1ccccc1-c1nc(N2CCN=C2c2ccccc2)c2cc(F)ccc2n1. The van der Waals surface area contributed by atoms with Crippen LogP contribution in [0.25, 0.3) is 22.3 Å². The molecule has 1 aliphatic heterocycles. The molecule has 5 rings (SSSR count). The Hall–Kier alpha value is -3.80. The highest BCUT2D eigenvalue weighted by atomic mass is 19.1. The Bertz CT molecular complexity index is 1240. The Morgan fingerprint density at radius 1 is 0.897 bits per heavy atom. The molecular formula is C23H17FN4O. The second kappa shape index (κ2) is 6.98. The highest BCUT2D eigenvalue weighted by molar-refractivity contribution is 6.13. The largest absolute Gasteiger partial charge is 0.507 e. The molecule has 1 aromatic heterocycles. The number of hydrogen-bond acceptors (Lipinski definition) is 5. The summed E-state index contributed by atoms with van der Waals surface area (Å²) in [6.07, 6.45) is 0. The van der Waals surface area contributed by atoms with Gasteiger partial charge in [-0.15, -0.1) is 0 Å². The van der Waals surface area contributed by atoms with Crippen LogP contribution in [0.3, 0.4) is 0 Å². The van der Waals surface area contributed by atoms with Crippen molar-refractivity contribution in [3.05, 3.63) is 84.2 Å². The summed E-state index contributed by atoms with van der Waals surface area (Å²) in [6.45, 7) is 1.25. The van der Waals surface area contributed by atoms with Crippen LogP contribution in [0.5, 0.6) is 5.75 Å². The van der Waals surface area contributed by atoms with Gasteiger partial charge in [0, 0.05) is 17.5 Å². The number of aliphatic imine (C=N–C) groups is 1. The summed E-state index contributed by atoms with van der Waals surface area (Å²) >= 11 is 0. The van der Waals surface area contributed by atoms with Gasteiger partial charge in [-0.25, -0.2) is 14.4 Å². The van der Waals surface area contributed by atoms with Crippen LogP contribution in [-0.4, -0.2) is 34.0 Å². The second-order valence-electron chi connectivity index (χ2n) is 6.77. The molecule has 142 valence electrons. The van der Waals surface area contributed by atoms with Crippen molar-refractivity contribution >= 4 is 22.6 Å². The van der Waals surface area contributed by atoms with E-state index in [9.17, 15) is 9.50 Å². The first-order valence-corrected chi connectivity index (χ1v) is 9.34. The van der Waals surface area contributed by atoms with Gasteiger partial charge in [0.2, 0.25) is 0 Å². The minimum Gasteiger partial charge on any atom is -0.507 e. The average Bonchev–Trinajstić information content (AvgIpc) is 3.24. The topological polar surface area (TPSA) is 61.6 Å². The molecule has 0 fully saturated rings. The average molecular weight is 384 g/mol. The summed E-state index contributed by atoms with van der Waals surface area (Å²) in [6, 6.07) is 21.2. The number of aromatic hydroxyl groups is 1. The van der Waals surface area contributed by atoms with Crippen molar-refractivity contribution in [3.8, 4) is 17.1 Å². The van der Waals surface area contributed by atoms with Crippen molar-refractivity contribution in [1.29, 1.82) is 0 Å². The molecule has 0 aliphatic carbocycles. The van der Waals surface area contributed by atoms with Gasteiger partial charge in [0.05, 0.1) is 17.6 Å². The van der Waals surface area contributed by atoms with Crippen molar-refractivity contribution < 1.29 is 9.50 Å². The molecule has 0 radical (unpaired) electrons. The number of hydrogen-bond donors (Lipinski definition) is 1. The maximum Gasteiger partial charge on any atom is 0.165 e. The Morgan fingerprint density at radius 2 is 1.69 bits per heavy atom. The van der Waals surface area contributed by atoms with Gasteiger partial charge < -0.3 is 10.0 Å². The maximum atomic E-state index is 14.1. The van der Waals surface area contributed by atoms with Gasteiger partial charge in [-0.05, 0) is 30.3 Å². The number of halogens is 1. The van der Waals surface area contributed by atoms with Gasteiger partial charge in [0.1, 0.15) is 23.2 Å². The Kier molecular flexibility index (Phi) is 4.17. The van der Waals surface area contributed by atoms with Gasteiger partial charge in [-0.3, -0.25) is 4.99 Å². The quantitative estimate of drug-likeness (QED) is 0.568. The summed E-state index contributed by atoms with van der Waals surface area (Å²) in [5.74, 6) is 1.50. The number of para-hydroxylation sites is 1. The molecule has 29 heavy (non-hydrogen) atoms. The third kappa shape index (κ3) is 3.08. The van der Waals surface area contributed by atoms with Crippen LogP contribution in [0, 0.1) is 5.82 Å². The lowest BCUT2D eigenvalue weighted by molar-refractivity contribution is 0.477. The summed E-state index contributed by atoms with van der Waals surface area (Å²) in [4.78, 5) is 16.0. The molecule has 1 N–H and O–H groups in total. The van der Waals surface area contributed by atoms with Crippen molar-refractivity contribution in [3.63, 3.8) is 0 Å². The van der Waals surface area contributed by atoms with Crippen molar-refractivity contribution in [2.24, 2.45) is 4.99 Å². The number of aromatic nitrogens is 2. The van der Waals surface area contributed by atoms with E-state index in [0.29, 0.717) is 41.2 Å². The van der Waals surface area contributed by atoms with Gasteiger partial charge in [-0.1, -0.05) is 42.5 Å². The highest BCUT2D eigenvalue weighted by Gasteiger charge is 2.25. The summed E-state index contributed by atoms with van der Waals surface area (Å²) < 4.78 is 14.1. The Morgan fingerprint density at radius 3 is 2.52 bits per heavy atom. The molecule has 0 atom stereocenters. The minimum atomic E-state index is -0.352. The standard InChI is InChI=1S/C23H17FN4O/c24-16-10-11-19-18(14-16)23(27-21(26-19)17-8-4-5-9-20(17)29)28-13-12-25-22(28)15-6-2-1-3-7-15/h1-11,14,29H,12-13H2. The first-order valence-electron chi connectivity index (χ1n) is 9.34. The van der Waals surface area contributed by atoms with Gasteiger partial charge in [-0.2, -0.15) is 0 Å². The first-order chi connectivity index (χ1) is 14.2. The normalized spacial score (nSPS) is 13.7. The van der Waals surface area contributed by atoms with E-state index < -0.39 is 0 Å². The smallest absolute Gasteiger partial charge is 0.165 e. The third-order valence-corrected chi connectivity index (χ3v) is 4.91. The number of fused-ring (bicyclic) bond motifs is 1. The molecule has 3 aromatic carbocycles. The molecular weight excluding hydrogens is 367 g/mol. The fourth-order valence-corrected chi connectivity index (χ4v) is 3.56. The monoisotopic (exact) mass is 384 g/mol. The van der Waals surface area contributed by atoms with E-state index in [2.05, 4.69) is 9.98 Å². The van der Waals surface area contributed by atoms with Crippen LogP contribution in [0.1, 0.15) is 5.56 Å². The highest BCUT2D eigenvalue weighted by Crippen LogP contribution is 2.33. The minimum absolute atomic E-state index is 0.0956. The fourth-order valence-electron chi connectivity index (χ4n) is 3.56. The molecule has 2 heterocycles. The summed E-state index contributed by atoms with van der Waals surface area (Å²) in [7, 11) is 0. The van der Waals surface area contributed by atoms with E-state index in [4.69, 9.17) is 4.98 Å². The summed E-state index contributed by atoms with van der Waals surface area (Å²) in [5.41, 5.74) is 2.10. The van der Waals surface area contributed by atoms with Crippen molar-refractivity contribution in [2.75, 3.05) is 18.0 Å². The Balaban J connectivity index is 1.73. The number of phenols is 1. The van der Waals surface area contributed by atoms with Crippen LogP contribution >= 0.6 is 0 Å². The van der Waals surface area contributed by atoms with E-state index in [-0.39, 0.29) is 11.6 Å². The molecule has 0 saturated heterocycles. The zero-order valence-corrected chi connectivity index (χ0v) is 15.5. The molecule has 0 saturated carbocycles. The first kappa shape index (κ1) is 17.3. The number of amidine groups is 1. The van der Waals surface area contributed by atoms with Crippen LogP contribution in [0.2, 0.25) is 0 Å². The number of benzene rings is 3. The zero-order valence-electron chi connectivity index (χ0n) is 15.5. The van der Waals surface area contributed by atoms with E-state index >= 15 is 0 Å². The van der Waals surface area contributed by atoms with E-state index in [1.807, 2.05) is 41.3 Å². The van der Waals surface area contributed by atoms with E-state index in [0.717, 1.165) is 11.4 Å². The molecule has 0 spiro atoms. The van der Waals surface area contributed by atoms with Crippen molar-refractivity contribution in [1.82, 2.24) is 9.97 Å². The van der Waals surface area contributed by atoms with Crippen LogP contribution < -0.4 is 4.90 Å². The fraction of sp³-hybridized carbons (Fsp3) is 0.0870. The van der Waals surface area contributed by atoms with E-state index in [1.165, 1.54) is 12.1 Å². The summed E-state index contributed by atoms with van der Waals surface area (Å²) in [5, 5.41) is 10.9. The molecule has 0 bridgehead atoms. The van der Waals surface area contributed by atoms with Crippen LogP contribution in [0.4, 0.5) is 10.2 Å². The number of anilines is 1. The molecule has 6 heteroatoms.